The minimum absolute atomic E-state index is 0.172. The highest BCUT2D eigenvalue weighted by molar-refractivity contribution is 6.27. The van der Waals surface area contributed by atoms with E-state index in [1.54, 1.807) is 24.3 Å². The number of nitrogens with zero attached hydrogens (tertiary/aromatic N) is 2. The standard InChI is InChI=1S/C13H10N2O3/c1-14-9-10(15(2)13(14)18)12(17)8-6-4-3-5-7(8)11(9)16/h3-6H,1-2H3. The second-order valence-corrected chi connectivity index (χ2v) is 4.30. The Balaban J connectivity index is 2.45. The number of carbonyl (C=O) groups excluding carboxylic acids is 2. The molecule has 5 nitrogen and oxygen atoms in total. The molecule has 1 heterocycles. The van der Waals surface area contributed by atoms with Gasteiger partial charge in [0.1, 0.15) is 11.4 Å². The molecule has 5 heteroatoms. The average molecular weight is 242 g/mol. The van der Waals surface area contributed by atoms with E-state index in [1.165, 1.54) is 23.2 Å². The fourth-order valence-electron chi connectivity index (χ4n) is 2.39. The van der Waals surface area contributed by atoms with Gasteiger partial charge in [0.25, 0.3) is 0 Å². The summed E-state index contributed by atoms with van der Waals surface area (Å²) >= 11 is 0. The van der Waals surface area contributed by atoms with E-state index in [0.29, 0.717) is 11.1 Å². The van der Waals surface area contributed by atoms with E-state index in [9.17, 15) is 14.4 Å². The molecule has 1 aromatic carbocycles. The van der Waals surface area contributed by atoms with Gasteiger partial charge in [-0.15, -0.1) is 0 Å². The summed E-state index contributed by atoms with van der Waals surface area (Å²) in [5.41, 5.74) is 0.694. The molecule has 1 aliphatic carbocycles. The van der Waals surface area contributed by atoms with Crippen LogP contribution in [-0.4, -0.2) is 20.7 Å². The minimum Gasteiger partial charge on any atom is -0.291 e. The van der Waals surface area contributed by atoms with E-state index in [0.717, 1.165) is 0 Å². The molecule has 0 aliphatic heterocycles. The SMILES string of the molecule is Cn1c2c(n(C)c1=O)C(=O)c1ccccc1C2=O. The minimum atomic E-state index is -0.366. The van der Waals surface area contributed by atoms with Crippen LogP contribution in [0.4, 0.5) is 0 Å². The number of carbonyl (C=O) groups is 2. The van der Waals surface area contributed by atoms with Crippen LogP contribution in [0.3, 0.4) is 0 Å². The van der Waals surface area contributed by atoms with Crippen molar-refractivity contribution in [1.29, 1.82) is 0 Å². The topological polar surface area (TPSA) is 61.1 Å². The molecule has 3 rings (SSSR count). The molecule has 90 valence electrons. The van der Waals surface area contributed by atoms with Crippen molar-refractivity contribution >= 4 is 11.6 Å². The van der Waals surface area contributed by atoms with Crippen molar-refractivity contribution in [3.05, 3.63) is 57.3 Å². The Morgan fingerprint density at radius 3 is 1.56 bits per heavy atom. The maximum atomic E-state index is 12.3. The summed E-state index contributed by atoms with van der Waals surface area (Å²) < 4.78 is 2.46. The third-order valence-corrected chi connectivity index (χ3v) is 3.32. The molecule has 0 N–H and O–H groups in total. The first kappa shape index (κ1) is 10.7. The first-order valence-electron chi connectivity index (χ1n) is 5.48. The van der Waals surface area contributed by atoms with E-state index in [-0.39, 0.29) is 28.6 Å². The second kappa shape index (κ2) is 3.29. The maximum absolute atomic E-state index is 12.3. The van der Waals surface area contributed by atoms with Crippen molar-refractivity contribution in [1.82, 2.24) is 9.13 Å². The quantitative estimate of drug-likeness (QED) is 0.576. The van der Waals surface area contributed by atoms with Crippen LogP contribution in [0.5, 0.6) is 0 Å². The Morgan fingerprint density at radius 2 is 1.17 bits per heavy atom. The van der Waals surface area contributed by atoms with Crippen molar-refractivity contribution in [2.75, 3.05) is 0 Å². The van der Waals surface area contributed by atoms with Crippen molar-refractivity contribution in [3.63, 3.8) is 0 Å². The summed E-state index contributed by atoms with van der Waals surface area (Å²) in [6.07, 6.45) is 0. The van der Waals surface area contributed by atoms with Gasteiger partial charge in [-0.05, 0) is 0 Å². The highest BCUT2D eigenvalue weighted by Gasteiger charge is 2.35. The summed E-state index contributed by atoms with van der Waals surface area (Å²) in [5.74, 6) is -0.555. The Hall–Kier alpha value is -2.43. The van der Waals surface area contributed by atoms with E-state index >= 15 is 0 Å². The number of ketones is 2. The lowest BCUT2D eigenvalue weighted by atomic mass is 9.90. The summed E-state index contributed by atoms with van der Waals surface area (Å²) in [4.78, 5) is 36.4. The van der Waals surface area contributed by atoms with Crippen LogP contribution in [0.2, 0.25) is 0 Å². The molecule has 1 aliphatic rings. The van der Waals surface area contributed by atoms with Gasteiger partial charge in [0.05, 0.1) is 0 Å². The molecule has 0 saturated heterocycles. The molecule has 1 aromatic heterocycles. The van der Waals surface area contributed by atoms with Crippen LogP contribution in [-0.2, 0) is 14.1 Å². The van der Waals surface area contributed by atoms with Crippen molar-refractivity contribution in [3.8, 4) is 0 Å². The van der Waals surface area contributed by atoms with Gasteiger partial charge in [0.15, 0.2) is 0 Å². The lowest BCUT2D eigenvalue weighted by molar-refractivity contribution is 0.0969. The molecule has 18 heavy (non-hydrogen) atoms. The first-order chi connectivity index (χ1) is 8.54. The zero-order valence-corrected chi connectivity index (χ0v) is 9.93. The Bertz CT molecular complexity index is 704. The zero-order valence-electron chi connectivity index (χ0n) is 9.93. The molecular weight excluding hydrogens is 232 g/mol. The zero-order chi connectivity index (χ0) is 13.0. The van der Waals surface area contributed by atoms with Crippen LogP contribution in [0.1, 0.15) is 32.1 Å². The summed E-state index contributed by atoms with van der Waals surface area (Å²) in [5, 5.41) is 0. The number of benzene rings is 1. The molecule has 2 aromatic rings. The molecule has 0 radical (unpaired) electrons. The van der Waals surface area contributed by atoms with E-state index in [1.807, 2.05) is 0 Å². The highest BCUT2D eigenvalue weighted by Crippen LogP contribution is 2.25. The van der Waals surface area contributed by atoms with Gasteiger partial charge in [-0.2, -0.15) is 0 Å². The summed E-state index contributed by atoms with van der Waals surface area (Å²) in [7, 11) is 3.00. The first-order valence-corrected chi connectivity index (χ1v) is 5.48. The smallest absolute Gasteiger partial charge is 0.291 e. The van der Waals surface area contributed by atoms with Gasteiger partial charge >= 0.3 is 5.69 Å². The second-order valence-electron chi connectivity index (χ2n) is 4.30. The number of hydrogen-bond donors (Lipinski definition) is 0. The fourth-order valence-corrected chi connectivity index (χ4v) is 2.39. The van der Waals surface area contributed by atoms with Crippen molar-refractivity contribution in [2.24, 2.45) is 14.1 Å². The number of rotatable bonds is 0. The summed E-state index contributed by atoms with van der Waals surface area (Å²) in [6.45, 7) is 0. The van der Waals surface area contributed by atoms with Gasteiger partial charge < -0.3 is 0 Å². The lowest BCUT2D eigenvalue weighted by Crippen LogP contribution is -2.23. The van der Waals surface area contributed by atoms with Crippen LogP contribution in [0, 0.1) is 0 Å². The molecule has 0 bridgehead atoms. The predicted molar refractivity (Wildman–Crippen MR) is 64.0 cm³/mol. The number of hydrogen-bond acceptors (Lipinski definition) is 3. The monoisotopic (exact) mass is 242 g/mol. The van der Waals surface area contributed by atoms with Gasteiger partial charge in [-0.1, -0.05) is 24.3 Å². The average Bonchev–Trinajstić information content (AvgIpc) is 2.61. The van der Waals surface area contributed by atoms with Gasteiger partial charge in [0.2, 0.25) is 11.6 Å². The van der Waals surface area contributed by atoms with Crippen molar-refractivity contribution in [2.45, 2.75) is 0 Å². The van der Waals surface area contributed by atoms with Gasteiger partial charge in [0, 0.05) is 25.2 Å². The molecule has 0 atom stereocenters. The largest absolute Gasteiger partial charge is 0.328 e. The molecule has 0 amide bonds. The normalized spacial score (nSPS) is 13.4. The molecule has 0 fully saturated rings. The highest BCUT2D eigenvalue weighted by atomic mass is 16.2. The Morgan fingerprint density at radius 1 is 0.778 bits per heavy atom. The Kier molecular flexibility index (Phi) is 1.96. The summed E-state index contributed by atoms with van der Waals surface area (Å²) in [6, 6.07) is 6.62. The number of fused-ring (bicyclic) bond motifs is 2. The maximum Gasteiger partial charge on any atom is 0.328 e. The van der Waals surface area contributed by atoms with E-state index in [4.69, 9.17) is 0 Å². The lowest BCUT2D eigenvalue weighted by Gasteiger charge is -2.15. The Labute approximate surface area is 102 Å². The molecule has 0 saturated carbocycles. The molecular formula is C13H10N2O3. The van der Waals surface area contributed by atoms with Gasteiger partial charge in [-0.25, -0.2) is 4.79 Å². The van der Waals surface area contributed by atoms with Gasteiger partial charge in [-0.3, -0.25) is 18.7 Å². The molecule has 0 unspecified atom stereocenters. The third-order valence-electron chi connectivity index (χ3n) is 3.32. The fraction of sp³-hybridized carbons (Fsp3) is 0.154. The van der Waals surface area contributed by atoms with Crippen LogP contribution >= 0.6 is 0 Å². The van der Waals surface area contributed by atoms with Crippen LogP contribution in [0.15, 0.2) is 29.1 Å². The predicted octanol–water partition coefficient (Wildman–Crippen LogP) is 0.499. The van der Waals surface area contributed by atoms with Crippen LogP contribution in [0.25, 0.3) is 0 Å². The molecule has 0 spiro atoms. The van der Waals surface area contributed by atoms with Crippen LogP contribution < -0.4 is 5.69 Å². The number of imidazole rings is 1. The van der Waals surface area contributed by atoms with E-state index < -0.39 is 0 Å². The third kappa shape index (κ3) is 1.08. The number of aromatic nitrogens is 2. The van der Waals surface area contributed by atoms with E-state index in [2.05, 4.69) is 0 Å². The van der Waals surface area contributed by atoms with Crippen molar-refractivity contribution < 1.29 is 9.59 Å².